The number of nitrogens with one attached hydrogen (secondary N) is 1. The van der Waals surface area contributed by atoms with E-state index < -0.39 is 28.0 Å². The molecule has 158 valence electrons. The summed E-state index contributed by atoms with van der Waals surface area (Å²) in [5.74, 6) is 0.737. The molecule has 2 rings (SSSR count). The Hall–Kier alpha value is -2.45. The van der Waals surface area contributed by atoms with Crippen LogP contribution in [-0.2, 0) is 14.8 Å². The van der Waals surface area contributed by atoms with Gasteiger partial charge in [-0.25, -0.2) is 8.42 Å². The molecule has 1 N–H and O–H groups in total. The van der Waals surface area contributed by atoms with Crippen molar-refractivity contribution in [3.8, 4) is 11.5 Å². The van der Waals surface area contributed by atoms with Crippen LogP contribution in [0.1, 0.15) is 25.5 Å². The molecule has 2 atom stereocenters. The van der Waals surface area contributed by atoms with Crippen molar-refractivity contribution in [2.24, 2.45) is 0 Å². The Kier molecular flexibility index (Phi) is 7.37. The maximum Gasteiger partial charge on any atom is 0.244 e. The first-order chi connectivity index (χ1) is 13.6. The van der Waals surface area contributed by atoms with Crippen molar-refractivity contribution in [2.75, 3.05) is 24.8 Å². The van der Waals surface area contributed by atoms with Gasteiger partial charge in [-0.1, -0.05) is 17.7 Å². The molecule has 9 heteroatoms. The van der Waals surface area contributed by atoms with Gasteiger partial charge in [-0.3, -0.25) is 9.10 Å². The van der Waals surface area contributed by atoms with Crippen LogP contribution in [0.2, 0.25) is 5.02 Å². The van der Waals surface area contributed by atoms with Crippen molar-refractivity contribution in [1.82, 2.24) is 5.32 Å². The minimum atomic E-state index is -3.73. The third kappa shape index (κ3) is 5.55. The van der Waals surface area contributed by atoms with Crippen molar-refractivity contribution in [1.29, 1.82) is 0 Å². The maximum atomic E-state index is 12.9. The van der Waals surface area contributed by atoms with Gasteiger partial charge in [0.2, 0.25) is 15.9 Å². The van der Waals surface area contributed by atoms with Gasteiger partial charge in [0.15, 0.2) is 0 Å². The molecular formula is C20H25ClN2O5S. The number of nitrogens with zero attached hydrogens (tertiary/aromatic N) is 1. The highest BCUT2D eigenvalue weighted by Gasteiger charge is 2.30. The number of carbonyl (C=O) groups excluding carboxylic acids is 1. The third-order valence-corrected chi connectivity index (χ3v) is 5.89. The second kappa shape index (κ2) is 9.37. The molecule has 0 bridgehead atoms. The van der Waals surface area contributed by atoms with Crippen LogP contribution in [0.3, 0.4) is 0 Å². The van der Waals surface area contributed by atoms with E-state index in [4.69, 9.17) is 21.1 Å². The first kappa shape index (κ1) is 22.8. The lowest BCUT2D eigenvalue weighted by Crippen LogP contribution is -2.48. The number of ether oxygens (including phenoxy) is 2. The largest absolute Gasteiger partial charge is 0.497 e. The summed E-state index contributed by atoms with van der Waals surface area (Å²) in [5.41, 5.74) is 1.02. The van der Waals surface area contributed by atoms with Crippen LogP contribution in [0, 0.1) is 0 Å². The van der Waals surface area contributed by atoms with Gasteiger partial charge < -0.3 is 14.8 Å². The first-order valence-corrected chi connectivity index (χ1v) is 11.1. The summed E-state index contributed by atoms with van der Waals surface area (Å²) in [6.07, 6.45) is 1.05. The molecule has 0 aliphatic rings. The molecular weight excluding hydrogens is 416 g/mol. The number of sulfonamides is 1. The molecule has 0 spiro atoms. The van der Waals surface area contributed by atoms with E-state index in [-0.39, 0.29) is 0 Å². The average molecular weight is 441 g/mol. The highest BCUT2D eigenvalue weighted by atomic mass is 35.5. The van der Waals surface area contributed by atoms with E-state index in [1.54, 1.807) is 50.4 Å². The van der Waals surface area contributed by atoms with Gasteiger partial charge in [-0.15, -0.1) is 0 Å². The molecule has 0 aliphatic heterocycles. The van der Waals surface area contributed by atoms with E-state index in [9.17, 15) is 13.2 Å². The van der Waals surface area contributed by atoms with Crippen LogP contribution < -0.4 is 19.1 Å². The van der Waals surface area contributed by atoms with Gasteiger partial charge in [-0.2, -0.15) is 0 Å². The molecule has 1 amide bonds. The number of hydrogen-bond donors (Lipinski definition) is 1. The topological polar surface area (TPSA) is 84.9 Å². The fourth-order valence-electron chi connectivity index (χ4n) is 3.01. The van der Waals surface area contributed by atoms with Gasteiger partial charge in [-0.05, 0) is 50.2 Å². The molecule has 0 aromatic heterocycles. The number of halogens is 1. The second-order valence-corrected chi connectivity index (χ2v) is 8.85. The lowest BCUT2D eigenvalue weighted by molar-refractivity contribution is -0.122. The third-order valence-electron chi connectivity index (χ3n) is 4.41. The van der Waals surface area contributed by atoms with Crippen molar-refractivity contribution in [2.45, 2.75) is 25.9 Å². The van der Waals surface area contributed by atoms with Gasteiger partial charge in [0.25, 0.3) is 0 Å². The summed E-state index contributed by atoms with van der Waals surface area (Å²) in [6, 6.07) is 10.2. The SMILES string of the molecule is COc1ccc(OC)c([C@H](C)NC(=O)[C@@H](C)N(c2cccc(Cl)c2)S(C)(=O)=O)c1. The minimum absolute atomic E-state index is 0.314. The molecule has 0 saturated heterocycles. The zero-order chi connectivity index (χ0) is 21.8. The summed E-state index contributed by atoms with van der Waals surface area (Å²) in [5, 5.41) is 3.22. The van der Waals surface area contributed by atoms with Gasteiger partial charge in [0.1, 0.15) is 17.5 Å². The van der Waals surface area contributed by atoms with Crippen molar-refractivity contribution >= 4 is 33.2 Å². The van der Waals surface area contributed by atoms with Crippen LogP contribution in [0.25, 0.3) is 0 Å². The maximum absolute atomic E-state index is 12.9. The summed E-state index contributed by atoms with van der Waals surface area (Å²) in [6.45, 7) is 3.30. The van der Waals surface area contributed by atoms with E-state index in [0.29, 0.717) is 27.8 Å². The Balaban J connectivity index is 2.30. The summed E-state index contributed by atoms with van der Waals surface area (Å²) in [7, 11) is -0.651. The van der Waals surface area contributed by atoms with Crippen LogP contribution >= 0.6 is 11.6 Å². The molecule has 29 heavy (non-hydrogen) atoms. The predicted octanol–water partition coefficient (Wildman–Crippen LogP) is 3.39. The number of rotatable bonds is 8. The molecule has 0 radical (unpaired) electrons. The minimum Gasteiger partial charge on any atom is -0.497 e. The predicted molar refractivity (Wildman–Crippen MR) is 114 cm³/mol. The highest BCUT2D eigenvalue weighted by Crippen LogP contribution is 2.30. The van der Waals surface area contributed by atoms with E-state index in [0.717, 1.165) is 10.6 Å². The Morgan fingerprint density at radius 3 is 2.34 bits per heavy atom. The van der Waals surface area contributed by atoms with Crippen LogP contribution in [0.4, 0.5) is 5.69 Å². The zero-order valence-electron chi connectivity index (χ0n) is 17.0. The second-order valence-electron chi connectivity index (χ2n) is 6.55. The monoisotopic (exact) mass is 440 g/mol. The van der Waals surface area contributed by atoms with Crippen LogP contribution in [0.5, 0.6) is 11.5 Å². The van der Waals surface area contributed by atoms with Crippen molar-refractivity contribution < 1.29 is 22.7 Å². The Labute approximate surface area is 176 Å². The molecule has 0 heterocycles. The molecule has 0 aliphatic carbocycles. The number of amides is 1. The average Bonchev–Trinajstić information content (AvgIpc) is 2.66. The zero-order valence-corrected chi connectivity index (χ0v) is 18.5. The van der Waals surface area contributed by atoms with E-state index in [1.165, 1.54) is 20.1 Å². The molecule has 0 unspecified atom stereocenters. The standard InChI is InChI=1S/C20H25ClN2O5S/c1-13(18-12-17(27-3)9-10-19(18)28-4)22-20(24)14(2)23(29(5,25)26)16-8-6-7-15(21)11-16/h6-14H,1-5H3,(H,22,24)/t13-,14+/m0/s1. The first-order valence-electron chi connectivity index (χ1n) is 8.85. The Morgan fingerprint density at radius 1 is 1.10 bits per heavy atom. The van der Waals surface area contributed by atoms with Gasteiger partial charge >= 0.3 is 0 Å². The fourth-order valence-corrected chi connectivity index (χ4v) is 4.36. The quantitative estimate of drug-likeness (QED) is 0.680. The number of carbonyl (C=O) groups is 1. The van der Waals surface area contributed by atoms with Crippen molar-refractivity contribution in [3.63, 3.8) is 0 Å². The number of hydrogen-bond acceptors (Lipinski definition) is 5. The number of anilines is 1. The smallest absolute Gasteiger partial charge is 0.244 e. The molecule has 7 nitrogen and oxygen atoms in total. The lowest BCUT2D eigenvalue weighted by Gasteiger charge is -2.29. The number of benzene rings is 2. The van der Waals surface area contributed by atoms with E-state index >= 15 is 0 Å². The van der Waals surface area contributed by atoms with E-state index in [1.807, 2.05) is 0 Å². The van der Waals surface area contributed by atoms with E-state index in [2.05, 4.69) is 5.32 Å². The fraction of sp³-hybridized carbons (Fsp3) is 0.350. The Bertz CT molecular complexity index is 981. The molecule has 2 aromatic rings. The normalized spacial score (nSPS) is 13.3. The summed E-state index contributed by atoms with van der Waals surface area (Å²) >= 11 is 6.00. The van der Waals surface area contributed by atoms with Gasteiger partial charge in [0.05, 0.1) is 32.2 Å². The number of methoxy groups -OCH3 is 2. The van der Waals surface area contributed by atoms with Crippen LogP contribution in [0.15, 0.2) is 42.5 Å². The van der Waals surface area contributed by atoms with Crippen molar-refractivity contribution in [3.05, 3.63) is 53.1 Å². The lowest BCUT2D eigenvalue weighted by atomic mass is 10.1. The van der Waals surface area contributed by atoms with Crippen LogP contribution in [-0.4, -0.2) is 40.8 Å². The molecule has 0 fully saturated rings. The highest BCUT2D eigenvalue weighted by molar-refractivity contribution is 7.92. The van der Waals surface area contributed by atoms with Gasteiger partial charge in [0, 0.05) is 10.6 Å². The Morgan fingerprint density at radius 2 is 1.79 bits per heavy atom. The molecule has 2 aromatic carbocycles. The summed E-state index contributed by atoms with van der Waals surface area (Å²) < 4.78 is 36.4. The summed E-state index contributed by atoms with van der Waals surface area (Å²) in [4.78, 5) is 12.9. The molecule has 0 saturated carbocycles.